The predicted molar refractivity (Wildman–Crippen MR) is 222 cm³/mol. The van der Waals surface area contributed by atoms with Crippen molar-refractivity contribution < 1.29 is 71.7 Å². The third-order valence-electron chi connectivity index (χ3n) is 8.84. The summed E-state index contributed by atoms with van der Waals surface area (Å²) in [5.41, 5.74) is 20.0. The van der Waals surface area contributed by atoms with Gasteiger partial charge in [-0.05, 0) is 57.6 Å². The van der Waals surface area contributed by atoms with Crippen molar-refractivity contribution in [1.29, 1.82) is 0 Å². The number of benzene rings is 4. The number of methoxy groups -OCH3 is 1. The fourth-order valence-corrected chi connectivity index (χ4v) is 5.84. The van der Waals surface area contributed by atoms with E-state index in [1.807, 2.05) is 0 Å². The minimum Gasteiger partial charge on any atom is -0.870 e. The molecular formula is C43H37LiN6O13. The van der Waals surface area contributed by atoms with Gasteiger partial charge in [0.2, 0.25) is 0 Å². The molecule has 0 unspecified atom stereocenters. The van der Waals surface area contributed by atoms with Crippen molar-refractivity contribution in [2.45, 2.75) is 51.7 Å². The normalized spacial score (nSPS) is 10.0. The number of carboxylic acid groups (broad SMARTS) is 1. The number of rotatable bonds is 18. The smallest absolute Gasteiger partial charge is 0.870 e. The van der Waals surface area contributed by atoms with Crippen molar-refractivity contribution in [3.05, 3.63) is 161 Å². The number of ketones is 2. The van der Waals surface area contributed by atoms with Crippen molar-refractivity contribution in [2.24, 2.45) is 10.2 Å². The Balaban J connectivity index is 0.000000325. The number of hydrogen-bond acceptors (Lipinski definition) is 14. The second-order valence-corrected chi connectivity index (χ2v) is 13.2. The summed E-state index contributed by atoms with van der Waals surface area (Å²) in [4.78, 5) is 75.3. The molecule has 0 bridgehead atoms. The van der Waals surface area contributed by atoms with E-state index in [1.165, 1.54) is 19.2 Å². The summed E-state index contributed by atoms with van der Waals surface area (Å²) in [6, 6.07) is 26.3. The molecule has 19 nitrogen and oxygen atoms in total. The minimum absolute atomic E-state index is 0. The zero-order valence-electron chi connectivity index (χ0n) is 34.0. The molecule has 4 aromatic carbocycles. The molecule has 0 saturated carbocycles. The summed E-state index contributed by atoms with van der Waals surface area (Å²) in [7, 11) is 1.26. The summed E-state index contributed by atoms with van der Waals surface area (Å²) in [5.74, 6) is -0.992. The molecule has 318 valence electrons. The van der Waals surface area contributed by atoms with Crippen molar-refractivity contribution in [1.82, 2.24) is 0 Å². The van der Waals surface area contributed by atoms with Crippen LogP contribution in [0.3, 0.4) is 0 Å². The number of carboxylic acids is 1. The molecular weight excluding hydrogens is 815 g/mol. The third kappa shape index (κ3) is 15.4. The predicted octanol–water partition coefficient (Wildman–Crippen LogP) is 5.50. The van der Waals surface area contributed by atoms with E-state index >= 15 is 0 Å². The first-order chi connectivity index (χ1) is 29.4. The van der Waals surface area contributed by atoms with Crippen LogP contribution in [0.15, 0.2) is 126 Å². The van der Waals surface area contributed by atoms with Gasteiger partial charge in [0.15, 0.2) is 0 Å². The second kappa shape index (κ2) is 24.6. The van der Waals surface area contributed by atoms with E-state index in [-0.39, 0.29) is 93.2 Å². The van der Waals surface area contributed by atoms with Gasteiger partial charge >= 0.3 is 42.1 Å². The molecule has 20 heteroatoms. The fraction of sp³-hybridized carbons (Fsp3) is 0.209. The van der Waals surface area contributed by atoms with Crippen LogP contribution in [-0.2, 0) is 50.0 Å². The summed E-state index contributed by atoms with van der Waals surface area (Å²) in [6.07, 6.45) is -0.356. The van der Waals surface area contributed by atoms with Crippen LogP contribution in [0.25, 0.3) is 42.8 Å². The summed E-state index contributed by atoms with van der Waals surface area (Å²) < 4.78 is 26.5. The Kier molecular flexibility index (Phi) is 19.4. The molecule has 0 spiro atoms. The number of aliphatic carboxylic acids is 1. The topological polar surface area (TPSA) is 304 Å². The van der Waals surface area contributed by atoms with Gasteiger partial charge in [-0.3, -0.25) is 19.2 Å². The Morgan fingerprint density at radius 1 is 0.619 bits per heavy atom. The maximum atomic E-state index is 12.2. The molecule has 0 fully saturated rings. The Bertz CT molecular complexity index is 2800. The van der Waals surface area contributed by atoms with Gasteiger partial charge in [-0.2, -0.15) is 0 Å². The van der Waals surface area contributed by atoms with Crippen LogP contribution in [0.4, 0.5) is 11.4 Å². The zero-order chi connectivity index (χ0) is 43.7. The first kappa shape index (κ1) is 49.7. The van der Waals surface area contributed by atoms with Crippen LogP contribution in [0.2, 0.25) is 0 Å². The number of esters is 1. The maximum absolute atomic E-state index is 12.2. The van der Waals surface area contributed by atoms with Crippen molar-refractivity contribution in [3.8, 4) is 11.5 Å². The molecule has 2 heterocycles. The van der Waals surface area contributed by atoms with Crippen molar-refractivity contribution in [3.63, 3.8) is 0 Å². The van der Waals surface area contributed by atoms with E-state index in [0.717, 1.165) is 11.1 Å². The van der Waals surface area contributed by atoms with Crippen LogP contribution in [-0.4, -0.2) is 41.2 Å². The average Bonchev–Trinajstić information content (AvgIpc) is 3.24. The van der Waals surface area contributed by atoms with Crippen LogP contribution >= 0.6 is 0 Å². The van der Waals surface area contributed by atoms with Crippen molar-refractivity contribution >= 4 is 56.8 Å². The Labute approximate surface area is 368 Å². The molecule has 0 radical (unpaired) electrons. The molecule has 0 aliphatic rings. The van der Waals surface area contributed by atoms with Crippen LogP contribution in [0.5, 0.6) is 11.5 Å². The van der Waals surface area contributed by atoms with Gasteiger partial charge in [-0.1, -0.05) is 58.8 Å². The van der Waals surface area contributed by atoms with E-state index in [1.54, 1.807) is 84.9 Å². The standard InChI is InChI=1S/C22H19N3O6.C21H17N3O6.Li.H2O/c1-29-21(27)9-6-17(26)10-15-11-22(28)31-20-12-18(7-8-19(15)20)30-13-14-2-4-16(5-3-14)24-25-23;22-24-23-15-3-1-13(2-4-15)12-29-17-6-7-18-14(9-16(25)5-8-20(26)27)10-21(28)30-19(18)11-17;;/h2-5,7-8,11-12H,6,9-10,13H2,1H3;1-4,6-7,10-11H,5,8-9,12H2,(H,26,27);;1H2/q;;+1;/p-1. The molecule has 63 heavy (non-hydrogen) atoms. The van der Waals surface area contributed by atoms with Crippen LogP contribution in [0, 0.1) is 0 Å². The molecule has 0 atom stereocenters. The van der Waals surface area contributed by atoms with E-state index in [9.17, 15) is 28.8 Å². The molecule has 6 aromatic rings. The van der Waals surface area contributed by atoms with Crippen molar-refractivity contribution in [2.75, 3.05) is 7.11 Å². The quantitative estimate of drug-likeness (QED) is 0.0279. The Morgan fingerprint density at radius 2 is 1.03 bits per heavy atom. The molecule has 2 N–H and O–H groups in total. The first-order valence-corrected chi connectivity index (χ1v) is 18.4. The second-order valence-electron chi connectivity index (χ2n) is 13.2. The average molecular weight is 853 g/mol. The first-order valence-electron chi connectivity index (χ1n) is 18.4. The van der Waals surface area contributed by atoms with Gasteiger partial charge in [0.25, 0.3) is 0 Å². The minimum atomic E-state index is -1.05. The summed E-state index contributed by atoms with van der Waals surface area (Å²) >= 11 is 0. The molecule has 0 amide bonds. The number of carbonyl (C=O) groups excluding carboxylic acids is 3. The maximum Gasteiger partial charge on any atom is 1.00 e. The van der Waals surface area contributed by atoms with E-state index in [2.05, 4.69) is 24.8 Å². The van der Waals surface area contributed by atoms with Gasteiger partial charge in [0.05, 0.1) is 20.0 Å². The molecule has 6 rings (SSSR count). The molecule has 0 aliphatic heterocycles. The fourth-order valence-electron chi connectivity index (χ4n) is 5.84. The van der Waals surface area contributed by atoms with Gasteiger partial charge in [0.1, 0.15) is 47.4 Å². The van der Waals surface area contributed by atoms with Crippen LogP contribution in [0.1, 0.15) is 47.9 Å². The number of carbonyl (C=O) groups is 4. The van der Waals surface area contributed by atoms with E-state index in [4.69, 9.17) is 34.5 Å². The van der Waals surface area contributed by atoms with Gasteiger partial charge in [0, 0.05) is 81.9 Å². The molecule has 2 aromatic heterocycles. The number of azide groups is 2. The Hall–Kier alpha value is -7.64. The van der Waals surface area contributed by atoms with Crippen LogP contribution < -0.4 is 39.6 Å². The number of fused-ring (bicyclic) bond motifs is 2. The third-order valence-corrected chi connectivity index (χ3v) is 8.84. The summed E-state index contributed by atoms with van der Waals surface area (Å²) in [6.45, 7) is 0.512. The van der Waals surface area contributed by atoms with Gasteiger partial charge < -0.3 is 33.6 Å². The largest absolute Gasteiger partial charge is 1.00 e. The number of nitrogens with zero attached hydrogens (tertiary/aromatic N) is 6. The number of ether oxygens (including phenoxy) is 3. The zero-order valence-corrected chi connectivity index (χ0v) is 34.0. The molecule has 0 aliphatic carbocycles. The summed E-state index contributed by atoms with van der Waals surface area (Å²) in [5, 5.41) is 16.9. The Morgan fingerprint density at radius 3 is 1.41 bits per heavy atom. The number of hydrogen-bond donors (Lipinski definition) is 1. The monoisotopic (exact) mass is 852 g/mol. The number of Topliss-reactive ketones (excluding diaryl/α,β-unsaturated/α-hetero) is 2. The SMILES string of the molecule is COC(=O)CCC(=O)Cc1cc(=O)oc2cc(OCc3ccc(N=[N+]=[N-])cc3)ccc12.[Li+].[N-]=[N+]=Nc1ccc(COc2ccc3c(CC(=O)CCC(=O)O)cc(=O)oc3c2)cc1.[OH-]. The van der Waals surface area contributed by atoms with E-state index in [0.29, 0.717) is 50.4 Å². The molecule has 0 saturated heterocycles. The van der Waals surface area contributed by atoms with E-state index < -0.39 is 23.2 Å². The van der Waals surface area contributed by atoms with Gasteiger partial charge in [-0.25, -0.2) is 9.59 Å². The van der Waals surface area contributed by atoms with Gasteiger partial charge in [-0.15, -0.1) is 0 Å².